The van der Waals surface area contributed by atoms with Crippen molar-refractivity contribution in [2.24, 2.45) is 10.3 Å². The molecule has 0 N–H and O–H groups in total. The molecule has 24 heavy (non-hydrogen) atoms. The van der Waals surface area contributed by atoms with E-state index in [9.17, 15) is 4.79 Å². The van der Waals surface area contributed by atoms with E-state index in [1.54, 1.807) is 20.1 Å². The number of allylic oxidation sites excluding steroid dienone is 4. The van der Waals surface area contributed by atoms with Crippen molar-refractivity contribution in [3.63, 3.8) is 0 Å². The van der Waals surface area contributed by atoms with Gasteiger partial charge in [0.25, 0.3) is 6.47 Å². The van der Waals surface area contributed by atoms with E-state index in [1.165, 1.54) is 5.57 Å². The second-order valence-corrected chi connectivity index (χ2v) is 5.11. The molecule has 0 heterocycles. The maximum atomic E-state index is 9.39. The van der Waals surface area contributed by atoms with E-state index in [0.29, 0.717) is 6.47 Å². The fraction of sp³-hybridized carbons (Fsp3) is 0.700. The molecule has 0 radical (unpaired) electrons. The number of carbonyl (C=O) groups is 1. The van der Waals surface area contributed by atoms with Crippen LogP contribution in [0.15, 0.2) is 28.2 Å². The summed E-state index contributed by atoms with van der Waals surface area (Å²) in [6, 6.07) is 0. The first-order valence-electron chi connectivity index (χ1n) is 8.93. The second-order valence-electron chi connectivity index (χ2n) is 4.88. The van der Waals surface area contributed by atoms with E-state index >= 15 is 0 Å². The second kappa shape index (κ2) is 37.9. The average Bonchev–Trinajstić information content (AvgIpc) is 2.55. The molecular formula is C20H43NO2S. The lowest BCUT2D eigenvalue weighted by atomic mass is 10.2. The molecule has 3 nitrogen and oxygen atoms in total. The number of hydrogen-bond acceptors (Lipinski definition) is 4. The van der Waals surface area contributed by atoms with Crippen LogP contribution in [0, 0.1) is 5.92 Å². The van der Waals surface area contributed by atoms with Crippen LogP contribution in [0.5, 0.6) is 0 Å². The summed E-state index contributed by atoms with van der Waals surface area (Å²) in [4.78, 5) is 9.39. The van der Waals surface area contributed by atoms with E-state index in [0.717, 1.165) is 12.3 Å². The Morgan fingerprint density at radius 2 is 1.50 bits per heavy atom. The molecule has 0 spiro atoms. The van der Waals surface area contributed by atoms with Gasteiger partial charge in [0.1, 0.15) is 0 Å². The normalized spacial score (nSPS) is 9.83. The SMILES string of the molecule is CC.CC.CC(C)C.CC(C)OC=O.C\C=C/C=C(/C=N/S)CC. The van der Waals surface area contributed by atoms with E-state index < -0.39 is 0 Å². The third kappa shape index (κ3) is 69.5. The zero-order valence-electron chi connectivity index (χ0n) is 18.0. The molecule has 0 aliphatic carbocycles. The minimum Gasteiger partial charge on any atom is -0.465 e. The first-order chi connectivity index (χ1) is 11.3. The quantitative estimate of drug-likeness (QED) is 0.245. The molecule has 0 saturated heterocycles. The highest BCUT2D eigenvalue weighted by atomic mass is 32.1. The van der Waals surface area contributed by atoms with Crippen molar-refractivity contribution in [3.8, 4) is 0 Å². The molecule has 4 heteroatoms. The van der Waals surface area contributed by atoms with Gasteiger partial charge in [0.15, 0.2) is 0 Å². The van der Waals surface area contributed by atoms with E-state index in [4.69, 9.17) is 0 Å². The van der Waals surface area contributed by atoms with Gasteiger partial charge in [0.2, 0.25) is 0 Å². The molecule has 0 aliphatic heterocycles. The van der Waals surface area contributed by atoms with E-state index in [1.807, 2.05) is 52.8 Å². The van der Waals surface area contributed by atoms with Crippen LogP contribution in [0.1, 0.15) is 82.6 Å². The van der Waals surface area contributed by atoms with Gasteiger partial charge in [-0.05, 0) is 51.5 Å². The minimum atomic E-state index is 0.0301. The Bertz CT molecular complexity index is 281. The molecule has 0 aromatic heterocycles. The fourth-order valence-electron chi connectivity index (χ4n) is 0.657. The molecule has 0 fully saturated rings. The summed E-state index contributed by atoms with van der Waals surface area (Å²) >= 11 is 3.74. The van der Waals surface area contributed by atoms with Gasteiger partial charge in [-0.1, -0.05) is 73.6 Å². The molecule has 0 unspecified atom stereocenters. The number of nitrogens with zero attached hydrogens (tertiary/aromatic N) is 1. The molecule has 0 saturated carbocycles. The third-order valence-electron chi connectivity index (χ3n) is 1.46. The van der Waals surface area contributed by atoms with Gasteiger partial charge >= 0.3 is 0 Å². The lowest BCUT2D eigenvalue weighted by Crippen LogP contribution is -1.98. The Hall–Kier alpha value is -1.03. The van der Waals surface area contributed by atoms with Crippen molar-refractivity contribution >= 4 is 25.5 Å². The van der Waals surface area contributed by atoms with Crippen LogP contribution in [-0.2, 0) is 9.53 Å². The Morgan fingerprint density at radius 3 is 1.67 bits per heavy atom. The van der Waals surface area contributed by atoms with Gasteiger partial charge in [0, 0.05) is 6.21 Å². The third-order valence-corrected chi connectivity index (χ3v) is 1.58. The Labute approximate surface area is 158 Å². The van der Waals surface area contributed by atoms with Crippen LogP contribution >= 0.6 is 12.8 Å². The van der Waals surface area contributed by atoms with Crippen LogP contribution in [-0.4, -0.2) is 18.8 Å². The molecule has 0 bridgehead atoms. The zero-order chi connectivity index (χ0) is 20.4. The number of thiol groups is 1. The van der Waals surface area contributed by atoms with Crippen LogP contribution in [0.25, 0.3) is 0 Å². The van der Waals surface area contributed by atoms with Gasteiger partial charge in [-0.15, -0.1) is 0 Å². The summed E-state index contributed by atoms with van der Waals surface area (Å²) in [5, 5.41) is 0. The Kier molecular flexibility index (Phi) is 54.2. The lowest BCUT2D eigenvalue weighted by Gasteiger charge is -1.96. The smallest absolute Gasteiger partial charge is 0.293 e. The van der Waals surface area contributed by atoms with Gasteiger partial charge < -0.3 is 4.74 Å². The van der Waals surface area contributed by atoms with Crippen molar-refractivity contribution < 1.29 is 9.53 Å². The first kappa shape index (κ1) is 34.3. The fourth-order valence-corrected chi connectivity index (χ4v) is 0.806. The molecule has 0 aliphatic rings. The maximum Gasteiger partial charge on any atom is 0.293 e. The van der Waals surface area contributed by atoms with Crippen molar-refractivity contribution in [1.29, 1.82) is 0 Å². The predicted octanol–water partition coefficient (Wildman–Crippen LogP) is 7.10. The van der Waals surface area contributed by atoms with Crippen molar-refractivity contribution in [3.05, 3.63) is 23.8 Å². The summed E-state index contributed by atoms with van der Waals surface area (Å²) in [7, 11) is 0. The number of ether oxygens (including phenoxy) is 1. The van der Waals surface area contributed by atoms with Crippen LogP contribution in [0.2, 0.25) is 0 Å². The topological polar surface area (TPSA) is 38.7 Å². The molecule has 0 amide bonds. The number of carbonyl (C=O) groups excluding carboxylic acids is 1. The zero-order valence-corrected chi connectivity index (χ0v) is 18.9. The summed E-state index contributed by atoms with van der Waals surface area (Å²) in [6.07, 6.45) is 8.79. The van der Waals surface area contributed by atoms with Gasteiger partial charge in [-0.25, -0.2) is 4.40 Å². The summed E-state index contributed by atoms with van der Waals surface area (Å²) in [5.74, 6) is 0.833. The molecule has 146 valence electrons. The lowest BCUT2D eigenvalue weighted by molar-refractivity contribution is -0.131. The highest BCUT2D eigenvalue weighted by Crippen LogP contribution is 1.97. The monoisotopic (exact) mass is 361 g/mol. The average molecular weight is 362 g/mol. The first-order valence-corrected chi connectivity index (χ1v) is 9.33. The largest absolute Gasteiger partial charge is 0.465 e. The van der Waals surface area contributed by atoms with Crippen LogP contribution in [0.4, 0.5) is 0 Å². The minimum absolute atomic E-state index is 0.0301. The van der Waals surface area contributed by atoms with Crippen molar-refractivity contribution in [1.82, 2.24) is 0 Å². The highest BCUT2D eigenvalue weighted by Gasteiger charge is 1.84. The maximum absolute atomic E-state index is 9.39. The van der Waals surface area contributed by atoms with Crippen molar-refractivity contribution in [2.75, 3.05) is 0 Å². The van der Waals surface area contributed by atoms with Crippen molar-refractivity contribution in [2.45, 2.75) is 88.7 Å². The number of rotatable bonds is 5. The Balaban J connectivity index is -0.0000000736. The molecule has 0 aromatic rings. The summed E-state index contributed by atoms with van der Waals surface area (Å²) < 4.78 is 7.99. The molecule has 0 aromatic carbocycles. The van der Waals surface area contributed by atoms with Gasteiger partial charge in [-0.2, -0.15) is 0 Å². The number of hydrogen-bond donors (Lipinski definition) is 1. The van der Waals surface area contributed by atoms with Crippen LogP contribution < -0.4 is 0 Å². The van der Waals surface area contributed by atoms with E-state index in [2.05, 4.69) is 49.6 Å². The molecule has 0 rings (SSSR count). The van der Waals surface area contributed by atoms with Crippen LogP contribution in [0.3, 0.4) is 0 Å². The summed E-state index contributed by atoms with van der Waals surface area (Å²) in [5.41, 5.74) is 1.19. The van der Waals surface area contributed by atoms with E-state index in [-0.39, 0.29) is 6.10 Å². The van der Waals surface area contributed by atoms with Gasteiger partial charge in [0.05, 0.1) is 6.10 Å². The Morgan fingerprint density at radius 1 is 1.08 bits per heavy atom. The molecular weight excluding hydrogens is 318 g/mol. The molecule has 0 atom stereocenters. The highest BCUT2D eigenvalue weighted by molar-refractivity contribution is 7.79. The standard InChI is InChI=1S/C8H13NS.C4H8O2.C4H10.2C2H6/c1-3-5-6-8(4-2)7-9-10;1-4(2)6-3-5;1-4(2)3;2*1-2/h3,5-7,10H,4H2,1-2H3;3-4H,1-2H3;4H,1-3H3;2*1-2H3/b5-3-,8-6+,9-7+;;;;. The van der Waals surface area contributed by atoms with Gasteiger partial charge in [-0.3, -0.25) is 4.79 Å². The summed E-state index contributed by atoms with van der Waals surface area (Å²) in [6.45, 7) is 22.6. The predicted molar refractivity (Wildman–Crippen MR) is 116 cm³/mol.